The second kappa shape index (κ2) is 8.76. The molecule has 1 fully saturated rings. The number of nitrogens with one attached hydrogen (secondary N) is 1. The molecule has 160 valence electrons. The lowest BCUT2D eigenvalue weighted by atomic mass is 9.91. The van der Waals surface area contributed by atoms with E-state index in [1.54, 1.807) is 24.3 Å². The third-order valence-corrected chi connectivity index (χ3v) is 5.64. The number of para-hydroxylation sites is 1. The van der Waals surface area contributed by atoms with Gasteiger partial charge >= 0.3 is 0 Å². The molecule has 0 spiro atoms. The van der Waals surface area contributed by atoms with Crippen molar-refractivity contribution in [3.63, 3.8) is 0 Å². The number of benzene rings is 2. The molecular weight excluding hydrogens is 390 g/mol. The van der Waals surface area contributed by atoms with Gasteiger partial charge in [0.2, 0.25) is 5.76 Å². The Labute approximate surface area is 182 Å². The number of carbonyl (C=O) groups is 2. The van der Waals surface area contributed by atoms with Crippen molar-refractivity contribution < 1.29 is 14.1 Å². The van der Waals surface area contributed by atoms with Crippen molar-refractivity contribution in [2.24, 2.45) is 11.8 Å². The summed E-state index contributed by atoms with van der Waals surface area (Å²) in [5.41, 5.74) is 3.55. The zero-order valence-corrected chi connectivity index (χ0v) is 18.1. The summed E-state index contributed by atoms with van der Waals surface area (Å²) < 4.78 is 5.27. The fourth-order valence-electron chi connectivity index (χ4n) is 4.20. The van der Waals surface area contributed by atoms with Crippen LogP contribution in [0.3, 0.4) is 0 Å². The van der Waals surface area contributed by atoms with Crippen LogP contribution in [0.4, 0.5) is 5.69 Å². The van der Waals surface area contributed by atoms with Gasteiger partial charge in [0, 0.05) is 24.7 Å². The van der Waals surface area contributed by atoms with Gasteiger partial charge in [0.1, 0.15) is 5.69 Å². The normalized spacial score (nSPS) is 18.6. The van der Waals surface area contributed by atoms with Gasteiger partial charge in [-0.1, -0.05) is 61.0 Å². The van der Waals surface area contributed by atoms with Crippen molar-refractivity contribution in [1.82, 2.24) is 10.1 Å². The molecule has 2 amide bonds. The molecule has 1 saturated heterocycles. The van der Waals surface area contributed by atoms with Crippen molar-refractivity contribution >= 4 is 17.5 Å². The number of nitrogens with zero attached hydrogens (tertiary/aromatic N) is 2. The summed E-state index contributed by atoms with van der Waals surface area (Å²) in [6.07, 6.45) is 1.12. The summed E-state index contributed by atoms with van der Waals surface area (Å²) in [6, 6.07) is 16.5. The van der Waals surface area contributed by atoms with Crippen LogP contribution in [0.25, 0.3) is 11.3 Å². The fourth-order valence-corrected chi connectivity index (χ4v) is 4.20. The second-order valence-corrected chi connectivity index (χ2v) is 8.60. The lowest BCUT2D eigenvalue weighted by Crippen LogP contribution is -2.42. The van der Waals surface area contributed by atoms with E-state index >= 15 is 0 Å². The van der Waals surface area contributed by atoms with Crippen LogP contribution in [0.1, 0.15) is 46.7 Å². The molecule has 1 aliphatic rings. The van der Waals surface area contributed by atoms with Crippen LogP contribution >= 0.6 is 0 Å². The first-order valence-electron chi connectivity index (χ1n) is 10.6. The smallest absolute Gasteiger partial charge is 0.294 e. The van der Waals surface area contributed by atoms with Gasteiger partial charge in [-0.3, -0.25) is 9.59 Å². The van der Waals surface area contributed by atoms with Crippen LogP contribution in [0.2, 0.25) is 0 Å². The Morgan fingerprint density at radius 1 is 1.03 bits per heavy atom. The predicted molar refractivity (Wildman–Crippen MR) is 120 cm³/mol. The zero-order valence-electron chi connectivity index (χ0n) is 18.1. The summed E-state index contributed by atoms with van der Waals surface area (Å²) in [5.74, 6) is 0.518. The van der Waals surface area contributed by atoms with Gasteiger partial charge in [-0.25, -0.2) is 0 Å². The Kier molecular flexibility index (Phi) is 5.89. The largest absolute Gasteiger partial charge is 0.350 e. The monoisotopic (exact) mass is 417 g/mol. The number of amides is 2. The number of likely N-dealkylation sites (tertiary alicyclic amines) is 1. The van der Waals surface area contributed by atoms with E-state index in [1.807, 2.05) is 42.2 Å². The van der Waals surface area contributed by atoms with Crippen LogP contribution in [0.5, 0.6) is 0 Å². The number of aromatic nitrogens is 1. The van der Waals surface area contributed by atoms with E-state index in [9.17, 15) is 9.59 Å². The van der Waals surface area contributed by atoms with Crippen LogP contribution < -0.4 is 5.32 Å². The van der Waals surface area contributed by atoms with Crippen LogP contribution in [-0.4, -0.2) is 35.0 Å². The Morgan fingerprint density at radius 2 is 1.71 bits per heavy atom. The van der Waals surface area contributed by atoms with Gasteiger partial charge in [-0.15, -0.1) is 0 Å². The lowest BCUT2D eigenvalue weighted by molar-refractivity contribution is 0.0624. The molecule has 1 aliphatic heterocycles. The van der Waals surface area contributed by atoms with E-state index in [1.165, 1.54) is 0 Å². The number of aryl methyl sites for hydroxylation is 1. The molecule has 1 N–H and O–H groups in total. The van der Waals surface area contributed by atoms with Crippen molar-refractivity contribution in [2.75, 3.05) is 18.4 Å². The average Bonchev–Trinajstić information content (AvgIpc) is 3.24. The molecule has 1 aromatic heterocycles. The van der Waals surface area contributed by atoms with E-state index < -0.39 is 5.91 Å². The Morgan fingerprint density at radius 3 is 2.42 bits per heavy atom. The van der Waals surface area contributed by atoms with Gasteiger partial charge in [0.05, 0.1) is 11.3 Å². The molecule has 3 aromatic rings. The number of piperidine rings is 1. The van der Waals surface area contributed by atoms with E-state index in [0.717, 1.165) is 30.6 Å². The predicted octanol–water partition coefficient (Wildman–Crippen LogP) is 5.02. The Balaban J connectivity index is 1.52. The highest BCUT2D eigenvalue weighted by Gasteiger charge is 2.28. The maximum absolute atomic E-state index is 13.2. The molecule has 31 heavy (non-hydrogen) atoms. The van der Waals surface area contributed by atoms with Gasteiger partial charge in [0.25, 0.3) is 11.8 Å². The summed E-state index contributed by atoms with van der Waals surface area (Å²) in [6.45, 7) is 7.80. The maximum Gasteiger partial charge on any atom is 0.294 e. The first kappa shape index (κ1) is 20.8. The number of carbonyl (C=O) groups excluding carboxylic acids is 2. The van der Waals surface area contributed by atoms with E-state index in [-0.39, 0.29) is 11.7 Å². The minimum Gasteiger partial charge on any atom is -0.350 e. The molecular formula is C25H27N3O3. The van der Waals surface area contributed by atoms with Gasteiger partial charge in [-0.05, 0) is 37.3 Å². The second-order valence-electron chi connectivity index (χ2n) is 8.60. The molecule has 0 radical (unpaired) electrons. The SMILES string of the molecule is Cc1ccc(-c2cc(C(=O)Nc3ccccc3C(=O)N3CC(C)CC(C)C3)on2)cc1. The third-order valence-electron chi connectivity index (χ3n) is 5.64. The number of rotatable bonds is 4. The summed E-state index contributed by atoms with van der Waals surface area (Å²) in [4.78, 5) is 27.9. The van der Waals surface area contributed by atoms with Crippen molar-refractivity contribution in [2.45, 2.75) is 27.2 Å². The first-order chi connectivity index (χ1) is 14.9. The molecule has 0 bridgehead atoms. The lowest BCUT2D eigenvalue weighted by Gasteiger charge is -2.35. The van der Waals surface area contributed by atoms with Crippen LogP contribution in [-0.2, 0) is 0 Å². The molecule has 6 nitrogen and oxygen atoms in total. The van der Waals surface area contributed by atoms with E-state index in [0.29, 0.717) is 28.8 Å². The quantitative estimate of drug-likeness (QED) is 0.647. The summed E-state index contributed by atoms with van der Waals surface area (Å²) in [5, 5.41) is 6.84. The molecule has 2 heterocycles. The van der Waals surface area contributed by atoms with E-state index in [2.05, 4.69) is 24.3 Å². The summed E-state index contributed by atoms with van der Waals surface area (Å²) >= 11 is 0. The maximum atomic E-state index is 13.2. The highest BCUT2D eigenvalue weighted by molar-refractivity contribution is 6.08. The molecule has 6 heteroatoms. The van der Waals surface area contributed by atoms with Crippen molar-refractivity contribution in [3.05, 3.63) is 71.5 Å². The third kappa shape index (κ3) is 4.68. The molecule has 2 aromatic carbocycles. The molecule has 2 atom stereocenters. The molecule has 0 saturated carbocycles. The molecule has 4 rings (SSSR count). The van der Waals surface area contributed by atoms with Crippen molar-refractivity contribution in [3.8, 4) is 11.3 Å². The number of hydrogen-bond donors (Lipinski definition) is 1. The number of anilines is 1. The number of hydrogen-bond acceptors (Lipinski definition) is 4. The van der Waals surface area contributed by atoms with Gasteiger partial charge in [0.15, 0.2) is 0 Å². The van der Waals surface area contributed by atoms with Crippen LogP contribution in [0, 0.1) is 18.8 Å². The molecule has 2 unspecified atom stereocenters. The summed E-state index contributed by atoms with van der Waals surface area (Å²) in [7, 11) is 0. The highest BCUT2D eigenvalue weighted by Crippen LogP contribution is 2.26. The Hall–Kier alpha value is -3.41. The van der Waals surface area contributed by atoms with Crippen LogP contribution in [0.15, 0.2) is 59.1 Å². The highest BCUT2D eigenvalue weighted by atomic mass is 16.5. The topological polar surface area (TPSA) is 75.4 Å². The standard InChI is InChI=1S/C25H27N3O3/c1-16-8-10-19(11-9-16)22-13-23(31-27-22)24(29)26-21-7-5-4-6-20(21)25(30)28-14-17(2)12-18(3)15-28/h4-11,13,17-18H,12,14-15H2,1-3H3,(H,26,29). The van der Waals surface area contributed by atoms with E-state index in [4.69, 9.17) is 4.52 Å². The Bertz CT molecular complexity index is 1080. The average molecular weight is 418 g/mol. The van der Waals surface area contributed by atoms with Gasteiger partial charge in [-0.2, -0.15) is 0 Å². The van der Waals surface area contributed by atoms with Crippen molar-refractivity contribution in [1.29, 1.82) is 0 Å². The first-order valence-corrected chi connectivity index (χ1v) is 10.6. The zero-order chi connectivity index (χ0) is 22.0. The minimum atomic E-state index is -0.438. The van der Waals surface area contributed by atoms with Gasteiger partial charge < -0.3 is 14.7 Å². The fraction of sp³-hybridized carbons (Fsp3) is 0.320. The minimum absolute atomic E-state index is 0.0628. The molecule has 0 aliphatic carbocycles.